The van der Waals surface area contributed by atoms with Crippen molar-refractivity contribution in [2.45, 2.75) is 161 Å². The highest BCUT2D eigenvalue weighted by atomic mass is 31.2. The first-order valence-electron chi connectivity index (χ1n) is 20.4. The van der Waals surface area contributed by atoms with Gasteiger partial charge in [0.05, 0.1) is 19.8 Å². The predicted molar refractivity (Wildman–Crippen MR) is 219 cm³/mol. The number of nitrogens with two attached hydrogens (primary N) is 1. The highest BCUT2D eigenvalue weighted by Gasteiger charge is 2.25. The number of phosphoric acid groups is 1. The molecule has 0 aliphatic carbocycles. The molecule has 2 atom stereocenters. The fraction of sp³-hybridized carbons (Fsp3) is 0.698. The van der Waals surface area contributed by atoms with Crippen molar-refractivity contribution in [3.63, 3.8) is 0 Å². The molecule has 300 valence electrons. The maximum absolute atomic E-state index is 12.5. The topological polar surface area (TPSA) is 117 Å². The molecule has 0 aliphatic heterocycles. The number of phosphoric ester groups is 1. The molecule has 0 spiro atoms. The first-order chi connectivity index (χ1) is 25.4. The number of ether oxygens (including phenoxy) is 2. The quantitative estimate of drug-likeness (QED) is 0.0277. The summed E-state index contributed by atoms with van der Waals surface area (Å²) in [5.74, 6) is -0.413. The molecular formula is C43H76NO7P. The van der Waals surface area contributed by atoms with Gasteiger partial charge in [-0.3, -0.25) is 13.8 Å². The van der Waals surface area contributed by atoms with Gasteiger partial charge in [0, 0.05) is 19.6 Å². The Morgan fingerprint density at radius 1 is 0.596 bits per heavy atom. The van der Waals surface area contributed by atoms with Crippen LogP contribution in [0.15, 0.2) is 72.9 Å². The molecule has 0 fully saturated rings. The average molecular weight is 750 g/mol. The molecule has 0 heterocycles. The first-order valence-corrected chi connectivity index (χ1v) is 21.9. The predicted octanol–water partition coefficient (Wildman–Crippen LogP) is 12.0. The van der Waals surface area contributed by atoms with Crippen molar-refractivity contribution in [2.75, 3.05) is 33.0 Å². The fourth-order valence-corrected chi connectivity index (χ4v) is 5.96. The number of carbonyl (C=O) groups excluding carboxylic acids is 1. The van der Waals surface area contributed by atoms with Crippen LogP contribution in [0.25, 0.3) is 0 Å². The van der Waals surface area contributed by atoms with E-state index in [9.17, 15) is 14.3 Å². The Kier molecular flexibility index (Phi) is 38.5. The van der Waals surface area contributed by atoms with Crippen LogP contribution in [0.4, 0.5) is 0 Å². The van der Waals surface area contributed by atoms with Gasteiger partial charge in [0.2, 0.25) is 0 Å². The molecule has 0 aliphatic rings. The minimum Gasteiger partial charge on any atom is -0.457 e. The van der Waals surface area contributed by atoms with Gasteiger partial charge in [-0.05, 0) is 51.4 Å². The number of esters is 1. The van der Waals surface area contributed by atoms with Gasteiger partial charge in [0.25, 0.3) is 0 Å². The van der Waals surface area contributed by atoms with Crippen LogP contribution >= 0.6 is 7.82 Å². The zero-order valence-corrected chi connectivity index (χ0v) is 33.9. The molecule has 0 aromatic rings. The molecule has 0 saturated carbocycles. The Labute approximate surface area is 318 Å². The normalized spacial score (nSPS) is 14.3. The summed E-state index contributed by atoms with van der Waals surface area (Å²) < 4.78 is 33.3. The van der Waals surface area contributed by atoms with Crippen molar-refractivity contribution in [2.24, 2.45) is 5.73 Å². The van der Waals surface area contributed by atoms with E-state index >= 15 is 0 Å². The maximum atomic E-state index is 12.5. The third-order valence-corrected chi connectivity index (χ3v) is 9.14. The van der Waals surface area contributed by atoms with Crippen molar-refractivity contribution in [3.05, 3.63) is 72.9 Å². The molecule has 0 rings (SSSR count). The molecule has 0 saturated heterocycles. The van der Waals surface area contributed by atoms with E-state index in [1.165, 1.54) is 77.0 Å². The number of unbranched alkanes of at least 4 members (excludes halogenated alkanes) is 13. The summed E-state index contributed by atoms with van der Waals surface area (Å²) in [6.45, 7) is 4.70. The lowest BCUT2D eigenvalue weighted by atomic mass is 10.0. The lowest BCUT2D eigenvalue weighted by molar-refractivity contribution is -0.154. The average Bonchev–Trinajstić information content (AvgIpc) is 3.13. The molecule has 0 amide bonds. The number of allylic oxidation sites excluding steroid dienone is 12. The molecule has 0 aromatic carbocycles. The SMILES string of the molecule is CCC=CCC=CCC=CCC=CCC=CCC=CCCC(=O)OC(COCCCCCCCCCCCCCCCC)COP(=O)(O)OCCN. The van der Waals surface area contributed by atoms with Crippen molar-refractivity contribution in [3.8, 4) is 0 Å². The van der Waals surface area contributed by atoms with Gasteiger partial charge in [-0.2, -0.15) is 0 Å². The van der Waals surface area contributed by atoms with E-state index < -0.39 is 19.9 Å². The van der Waals surface area contributed by atoms with Gasteiger partial charge >= 0.3 is 13.8 Å². The lowest BCUT2D eigenvalue weighted by Crippen LogP contribution is -2.28. The zero-order chi connectivity index (χ0) is 38.1. The van der Waals surface area contributed by atoms with E-state index in [2.05, 4.69) is 74.6 Å². The minimum atomic E-state index is -4.30. The third kappa shape index (κ3) is 39.2. The van der Waals surface area contributed by atoms with E-state index in [-0.39, 0.29) is 32.8 Å². The second-order valence-corrected chi connectivity index (χ2v) is 14.6. The Bertz CT molecular complexity index is 1020. The molecule has 2 unspecified atom stereocenters. The highest BCUT2D eigenvalue weighted by Crippen LogP contribution is 2.43. The maximum Gasteiger partial charge on any atom is 0.472 e. The van der Waals surface area contributed by atoms with Crippen LogP contribution in [0.2, 0.25) is 0 Å². The fourth-order valence-electron chi connectivity index (χ4n) is 5.20. The van der Waals surface area contributed by atoms with Gasteiger partial charge in [-0.15, -0.1) is 0 Å². The molecule has 3 N–H and O–H groups in total. The minimum absolute atomic E-state index is 0.0843. The van der Waals surface area contributed by atoms with Crippen LogP contribution in [-0.4, -0.2) is 49.9 Å². The number of hydrogen-bond donors (Lipinski definition) is 2. The van der Waals surface area contributed by atoms with E-state index in [1.807, 2.05) is 12.2 Å². The standard InChI is InChI=1S/C43H76NO7P/c1-3-5-7-9-11-13-15-17-19-20-21-22-23-24-26-28-30-32-34-36-43(45)51-42(41-50-52(46,47)49-39-37-44)40-48-38-35-33-31-29-27-25-18-16-14-12-10-8-6-4-2/h5,7,11,13,17,19,21-22,24,26,30,32,42H,3-4,6,8-10,12,14-16,18,20,23,25,27-29,31,33-41,44H2,1-2H3,(H,46,47). The van der Waals surface area contributed by atoms with Crippen LogP contribution in [0.5, 0.6) is 0 Å². The number of rotatable bonds is 38. The Balaban J connectivity index is 4.21. The molecule has 0 radical (unpaired) electrons. The van der Waals surface area contributed by atoms with Gasteiger partial charge in [0.15, 0.2) is 0 Å². The van der Waals surface area contributed by atoms with Crippen molar-refractivity contribution < 1.29 is 32.8 Å². The van der Waals surface area contributed by atoms with Crippen molar-refractivity contribution in [1.29, 1.82) is 0 Å². The molecule has 52 heavy (non-hydrogen) atoms. The van der Waals surface area contributed by atoms with Gasteiger partial charge in [-0.25, -0.2) is 4.57 Å². The summed E-state index contributed by atoms with van der Waals surface area (Å²) in [5, 5.41) is 0. The van der Waals surface area contributed by atoms with E-state index in [4.69, 9.17) is 24.3 Å². The smallest absolute Gasteiger partial charge is 0.457 e. The molecular weight excluding hydrogens is 673 g/mol. The van der Waals surface area contributed by atoms with E-state index in [1.54, 1.807) is 0 Å². The monoisotopic (exact) mass is 750 g/mol. The molecule has 9 heteroatoms. The Hall–Kier alpha value is -2.06. The number of carbonyl (C=O) groups is 1. The van der Waals surface area contributed by atoms with Gasteiger partial charge in [0.1, 0.15) is 6.10 Å². The summed E-state index contributed by atoms with van der Waals surface area (Å²) in [7, 11) is -4.30. The zero-order valence-electron chi connectivity index (χ0n) is 33.0. The molecule has 0 bridgehead atoms. The summed E-state index contributed by atoms with van der Waals surface area (Å²) in [4.78, 5) is 22.4. The molecule has 8 nitrogen and oxygen atoms in total. The summed E-state index contributed by atoms with van der Waals surface area (Å²) in [5.41, 5.74) is 5.35. The second kappa shape index (κ2) is 40.1. The van der Waals surface area contributed by atoms with E-state index in [0.717, 1.165) is 51.4 Å². The summed E-state index contributed by atoms with van der Waals surface area (Å²) in [6, 6.07) is 0. The third-order valence-electron chi connectivity index (χ3n) is 8.15. The first kappa shape index (κ1) is 49.9. The van der Waals surface area contributed by atoms with Crippen molar-refractivity contribution >= 4 is 13.8 Å². The molecule has 0 aromatic heterocycles. The van der Waals surface area contributed by atoms with E-state index in [0.29, 0.717) is 13.0 Å². The lowest BCUT2D eigenvalue weighted by Gasteiger charge is -2.20. The highest BCUT2D eigenvalue weighted by molar-refractivity contribution is 7.47. The van der Waals surface area contributed by atoms with Gasteiger partial charge < -0.3 is 20.1 Å². The van der Waals surface area contributed by atoms with Crippen molar-refractivity contribution in [1.82, 2.24) is 0 Å². The second-order valence-electron chi connectivity index (χ2n) is 13.1. The number of hydrogen-bond acceptors (Lipinski definition) is 7. The van der Waals surface area contributed by atoms with Crippen LogP contribution in [0.3, 0.4) is 0 Å². The van der Waals surface area contributed by atoms with Gasteiger partial charge in [-0.1, -0.05) is 170 Å². The Morgan fingerprint density at radius 2 is 1.04 bits per heavy atom. The van der Waals surface area contributed by atoms with Crippen LogP contribution in [0, 0.1) is 0 Å². The van der Waals surface area contributed by atoms with Crippen LogP contribution < -0.4 is 5.73 Å². The van der Waals surface area contributed by atoms with Crippen LogP contribution in [0.1, 0.15) is 155 Å². The summed E-state index contributed by atoms with van der Waals surface area (Å²) in [6.07, 6.45) is 49.3. The summed E-state index contributed by atoms with van der Waals surface area (Å²) >= 11 is 0. The largest absolute Gasteiger partial charge is 0.472 e. The van der Waals surface area contributed by atoms with Crippen LogP contribution in [-0.2, 0) is 27.9 Å². The Morgan fingerprint density at radius 3 is 1.50 bits per heavy atom.